The van der Waals surface area contributed by atoms with Crippen molar-refractivity contribution in [1.29, 1.82) is 0 Å². The first kappa shape index (κ1) is 9.83. The summed E-state index contributed by atoms with van der Waals surface area (Å²) in [5.41, 5.74) is 1.58. The third-order valence-corrected chi connectivity index (χ3v) is 2.92. The molecule has 0 heterocycles. The molecule has 0 radical (unpaired) electrons. The Labute approximate surface area is 77.1 Å². The Morgan fingerprint density at radius 3 is 2.58 bits per heavy atom. The Kier molecular flexibility index (Phi) is 3.37. The second-order valence-corrected chi connectivity index (χ2v) is 4.72. The summed E-state index contributed by atoms with van der Waals surface area (Å²) in [5.74, 6) is 2.98. The van der Waals surface area contributed by atoms with E-state index in [-0.39, 0.29) is 0 Å². The fraction of sp³-hybridized carbons (Fsp3) is 0.833. The van der Waals surface area contributed by atoms with Crippen molar-refractivity contribution < 1.29 is 0 Å². The molecule has 12 heavy (non-hydrogen) atoms. The SMILES string of the molecule is CC=C(C)CC1CC1CC(C)C. The summed E-state index contributed by atoms with van der Waals surface area (Å²) in [7, 11) is 0. The summed E-state index contributed by atoms with van der Waals surface area (Å²) < 4.78 is 0. The molecule has 0 amide bonds. The average Bonchev–Trinajstić information content (AvgIpc) is 2.66. The summed E-state index contributed by atoms with van der Waals surface area (Å²) in [4.78, 5) is 0. The van der Waals surface area contributed by atoms with Crippen molar-refractivity contribution in [2.24, 2.45) is 17.8 Å². The largest absolute Gasteiger partial charge is 0.0887 e. The van der Waals surface area contributed by atoms with Crippen molar-refractivity contribution in [3.05, 3.63) is 11.6 Å². The molecule has 1 fully saturated rings. The molecule has 1 aliphatic rings. The van der Waals surface area contributed by atoms with Crippen LogP contribution < -0.4 is 0 Å². The van der Waals surface area contributed by atoms with Crippen LogP contribution in [0.5, 0.6) is 0 Å². The van der Waals surface area contributed by atoms with Crippen LogP contribution in [-0.4, -0.2) is 0 Å². The molecule has 0 spiro atoms. The van der Waals surface area contributed by atoms with Crippen molar-refractivity contribution in [2.45, 2.75) is 47.0 Å². The zero-order valence-corrected chi connectivity index (χ0v) is 8.93. The monoisotopic (exact) mass is 166 g/mol. The van der Waals surface area contributed by atoms with Crippen LogP contribution in [0.25, 0.3) is 0 Å². The highest BCUT2D eigenvalue weighted by Gasteiger charge is 2.36. The highest BCUT2D eigenvalue weighted by molar-refractivity contribution is 5.02. The molecule has 1 aliphatic carbocycles. The van der Waals surface area contributed by atoms with E-state index in [4.69, 9.17) is 0 Å². The van der Waals surface area contributed by atoms with E-state index in [9.17, 15) is 0 Å². The van der Waals surface area contributed by atoms with Gasteiger partial charge in [-0.05, 0) is 50.9 Å². The maximum absolute atomic E-state index is 2.33. The maximum Gasteiger partial charge on any atom is -0.0292 e. The minimum atomic E-state index is 0.894. The van der Waals surface area contributed by atoms with Gasteiger partial charge in [-0.15, -0.1) is 0 Å². The Hall–Kier alpha value is -0.260. The minimum absolute atomic E-state index is 0.894. The number of hydrogen-bond donors (Lipinski definition) is 0. The number of rotatable bonds is 4. The maximum atomic E-state index is 2.33. The molecule has 0 nitrogen and oxygen atoms in total. The van der Waals surface area contributed by atoms with Crippen LogP contribution in [0, 0.1) is 17.8 Å². The van der Waals surface area contributed by atoms with Crippen molar-refractivity contribution in [1.82, 2.24) is 0 Å². The first-order valence-electron chi connectivity index (χ1n) is 5.25. The Morgan fingerprint density at radius 2 is 2.08 bits per heavy atom. The molecule has 1 rings (SSSR count). The van der Waals surface area contributed by atoms with E-state index in [1.54, 1.807) is 5.57 Å². The van der Waals surface area contributed by atoms with E-state index in [0.29, 0.717) is 0 Å². The van der Waals surface area contributed by atoms with Gasteiger partial charge in [0.2, 0.25) is 0 Å². The molecule has 0 heteroatoms. The molecule has 2 atom stereocenters. The fourth-order valence-electron chi connectivity index (χ4n) is 1.99. The zero-order valence-electron chi connectivity index (χ0n) is 8.93. The van der Waals surface area contributed by atoms with E-state index in [1.165, 1.54) is 19.3 Å². The summed E-state index contributed by atoms with van der Waals surface area (Å²) in [6.45, 7) is 9.07. The highest BCUT2D eigenvalue weighted by Crippen LogP contribution is 2.46. The molecule has 0 saturated heterocycles. The third kappa shape index (κ3) is 3.00. The molecule has 1 saturated carbocycles. The third-order valence-electron chi connectivity index (χ3n) is 2.92. The van der Waals surface area contributed by atoms with Crippen LogP contribution in [0.2, 0.25) is 0 Å². The standard InChI is InChI=1S/C12H22/c1-5-10(4)7-12-8-11(12)6-9(2)3/h5,9,11-12H,6-8H2,1-4H3. The molecule has 0 aromatic carbocycles. The van der Waals surface area contributed by atoms with Gasteiger partial charge in [-0.1, -0.05) is 25.5 Å². The van der Waals surface area contributed by atoms with Crippen LogP contribution in [-0.2, 0) is 0 Å². The van der Waals surface area contributed by atoms with E-state index in [1.807, 2.05) is 0 Å². The van der Waals surface area contributed by atoms with Gasteiger partial charge in [-0.3, -0.25) is 0 Å². The molecule has 0 N–H and O–H groups in total. The average molecular weight is 166 g/mol. The van der Waals surface area contributed by atoms with Crippen LogP contribution in [0.1, 0.15) is 47.0 Å². The quantitative estimate of drug-likeness (QED) is 0.553. The smallest absolute Gasteiger partial charge is 0.0292 e. The lowest BCUT2D eigenvalue weighted by molar-refractivity contribution is 0.511. The molecule has 70 valence electrons. The second kappa shape index (κ2) is 4.11. The minimum Gasteiger partial charge on any atom is -0.0887 e. The van der Waals surface area contributed by atoms with Crippen molar-refractivity contribution >= 4 is 0 Å². The van der Waals surface area contributed by atoms with Gasteiger partial charge >= 0.3 is 0 Å². The van der Waals surface area contributed by atoms with E-state index < -0.39 is 0 Å². The summed E-state index contributed by atoms with van der Waals surface area (Å²) in [6, 6.07) is 0. The van der Waals surface area contributed by atoms with Gasteiger partial charge in [0.25, 0.3) is 0 Å². The Bertz CT molecular complexity index is 165. The fourth-order valence-corrected chi connectivity index (χ4v) is 1.99. The number of hydrogen-bond acceptors (Lipinski definition) is 0. The van der Waals surface area contributed by atoms with E-state index >= 15 is 0 Å². The topological polar surface area (TPSA) is 0 Å². The van der Waals surface area contributed by atoms with Crippen molar-refractivity contribution in [3.8, 4) is 0 Å². The summed E-state index contributed by atoms with van der Waals surface area (Å²) in [6.07, 6.45) is 6.55. The molecule has 2 unspecified atom stereocenters. The van der Waals surface area contributed by atoms with Gasteiger partial charge in [0.1, 0.15) is 0 Å². The number of allylic oxidation sites excluding steroid dienone is 2. The first-order chi connectivity index (χ1) is 5.63. The van der Waals surface area contributed by atoms with Crippen LogP contribution in [0.3, 0.4) is 0 Å². The lowest BCUT2D eigenvalue weighted by Gasteiger charge is -2.03. The predicted molar refractivity (Wildman–Crippen MR) is 55.1 cm³/mol. The molecular weight excluding hydrogens is 144 g/mol. The molecule has 0 bridgehead atoms. The van der Waals surface area contributed by atoms with E-state index in [2.05, 4.69) is 33.8 Å². The van der Waals surface area contributed by atoms with Crippen LogP contribution >= 0.6 is 0 Å². The first-order valence-corrected chi connectivity index (χ1v) is 5.25. The zero-order chi connectivity index (χ0) is 9.14. The molecule has 0 aromatic rings. The molecular formula is C12H22. The molecule has 0 aliphatic heterocycles. The van der Waals surface area contributed by atoms with Gasteiger partial charge in [0, 0.05) is 0 Å². The van der Waals surface area contributed by atoms with Gasteiger partial charge in [0.15, 0.2) is 0 Å². The second-order valence-electron chi connectivity index (χ2n) is 4.72. The van der Waals surface area contributed by atoms with Gasteiger partial charge < -0.3 is 0 Å². The highest BCUT2D eigenvalue weighted by atomic mass is 14.4. The van der Waals surface area contributed by atoms with Crippen LogP contribution in [0.15, 0.2) is 11.6 Å². The van der Waals surface area contributed by atoms with Gasteiger partial charge in [0.05, 0.1) is 0 Å². The van der Waals surface area contributed by atoms with Crippen molar-refractivity contribution in [2.75, 3.05) is 0 Å². The predicted octanol–water partition coefficient (Wildman–Crippen LogP) is 4.02. The Balaban J connectivity index is 2.16. The van der Waals surface area contributed by atoms with Gasteiger partial charge in [-0.25, -0.2) is 0 Å². The normalized spacial score (nSPS) is 29.6. The lowest BCUT2D eigenvalue weighted by Crippen LogP contribution is -1.91. The molecule has 0 aromatic heterocycles. The Morgan fingerprint density at radius 1 is 1.42 bits per heavy atom. The van der Waals surface area contributed by atoms with Crippen LogP contribution in [0.4, 0.5) is 0 Å². The lowest BCUT2D eigenvalue weighted by atomic mass is 10.0. The summed E-state index contributed by atoms with van der Waals surface area (Å²) in [5, 5.41) is 0. The van der Waals surface area contributed by atoms with E-state index in [0.717, 1.165) is 17.8 Å². The van der Waals surface area contributed by atoms with Gasteiger partial charge in [-0.2, -0.15) is 0 Å². The van der Waals surface area contributed by atoms with Crippen molar-refractivity contribution in [3.63, 3.8) is 0 Å². The summed E-state index contributed by atoms with van der Waals surface area (Å²) >= 11 is 0.